The van der Waals surface area contributed by atoms with Crippen LogP contribution in [0, 0.1) is 5.92 Å². The van der Waals surface area contributed by atoms with Crippen LogP contribution in [0.1, 0.15) is 44.6 Å². The van der Waals surface area contributed by atoms with Gasteiger partial charge in [-0.3, -0.25) is 0 Å². The quantitative estimate of drug-likeness (QED) is 0.780. The zero-order valence-electron chi connectivity index (χ0n) is 11.3. The van der Waals surface area contributed by atoms with E-state index in [4.69, 9.17) is 4.74 Å². The van der Waals surface area contributed by atoms with Gasteiger partial charge in [-0.2, -0.15) is 0 Å². The summed E-state index contributed by atoms with van der Waals surface area (Å²) in [4.78, 5) is 0. The number of ether oxygens (including phenoxy) is 1. The molecule has 1 aromatic carbocycles. The van der Waals surface area contributed by atoms with Crippen molar-refractivity contribution in [3.05, 3.63) is 29.8 Å². The summed E-state index contributed by atoms with van der Waals surface area (Å²) in [6.07, 6.45) is 6.54. The molecule has 2 nitrogen and oxygen atoms in total. The molecule has 0 aromatic heterocycles. The molecule has 0 aliphatic carbocycles. The van der Waals surface area contributed by atoms with E-state index in [1.165, 1.54) is 24.8 Å². The molecule has 2 heteroatoms. The predicted molar refractivity (Wildman–Crippen MR) is 73.9 cm³/mol. The third-order valence-electron chi connectivity index (χ3n) is 3.81. The molecule has 1 heterocycles. The Balaban J connectivity index is 1.81. The molecule has 1 N–H and O–H groups in total. The summed E-state index contributed by atoms with van der Waals surface area (Å²) in [7, 11) is 0. The van der Waals surface area contributed by atoms with Crippen molar-refractivity contribution in [2.24, 2.45) is 5.92 Å². The second-order valence-electron chi connectivity index (χ2n) is 5.30. The van der Waals surface area contributed by atoms with Gasteiger partial charge in [-0.05, 0) is 24.5 Å². The first-order chi connectivity index (χ1) is 8.81. The molecular formula is C16H24O2. The fourth-order valence-electron chi connectivity index (χ4n) is 2.61. The highest BCUT2D eigenvalue weighted by molar-refractivity contribution is 5.35. The van der Waals surface area contributed by atoms with Crippen LogP contribution in [-0.2, 0) is 6.42 Å². The van der Waals surface area contributed by atoms with Gasteiger partial charge in [-0.1, -0.05) is 50.8 Å². The molecule has 100 valence electrons. The number of hydrogen-bond acceptors (Lipinski definition) is 2. The lowest BCUT2D eigenvalue weighted by Gasteiger charge is -2.28. The summed E-state index contributed by atoms with van der Waals surface area (Å²) in [5, 5.41) is 10.2. The molecule has 18 heavy (non-hydrogen) atoms. The zero-order valence-corrected chi connectivity index (χ0v) is 11.3. The summed E-state index contributed by atoms with van der Waals surface area (Å²) in [6, 6.07) is 8.16. The fourth-order valence-corrected chi connectivity index (χ4v) is 2.61. The molecule has 2 rings (SSSR count). The highest BCUT2D eigenvalue weighted by Gasteiger charge is 2.25. The lowest BCUT2D eigenvalue weighted by atomic mass is 9.89. The first-order valence-electron chi connectivity index (χ1n) is 7.20. The summed E-state index contributed by atoms with van der Waals surface area (Å²) >= 11 is 0. The van der Waals surface area contributed by atoms with E-state index in [-0.39, 0.29) is 12.0 Å². The van der Waals surface area contributed by atoms with Crippen LogP contribution in [0.2, 0.25) is 0 Å². The molecular weight excluding hydrogens is 224 g/mol. The monoisotopic (exact) mass is 248 g/mol. The van der Waals surface area contributed by atoms with Gasteiger partial charge in [-0.25, -0.2) is 0 Å². The SMILES string of the molecule is CCCCCCC(O)C1COc2ccccc2C1. The molecule has 0 saturated heterocycles. The van der Waals surface area contributed by atoms with Gasteiger partial charge in [0.15, 0.2) is 0 Å². The summed E-state index contributed by atoms with van der Waals surface area (Å²) in [6.45, 7) is 2.87. The second-order valence-corrected chi connectivity index (χ2v) is 5.30. The van der Waals surface area contributed by atoms with Gasteiger partial charge in [0, 0.05) is 5.92 Å². The lowest BCUT2D eigenvalue weighted by Crippen LogP contribution is -2.31. The van der Waals surface area contributed by atoms with Crippen molar-refractivity contribution in [3.63, 3.8) is 0 Å². The molecule has 0 amide bonds. The summed E-state index contributed by atoms with van der Waals surface area (Å²) in [5.41, 5.74) is 1.24. The van der Waals surface area contributed by atoms with Crippen LogP contribution in [0.15, 0.2) is 24.3 Å². The van der Waals surface area contributed by atoms with Crippen LogP contribution in [0.5, 0.6) is 5.75 Å². The molecule has 0 spiro atoms. The minimum absolute atomic E-state index is 0.213. The molecule has 0 bridgehead atoms. The molecule has 2 atom stereocenters. The van der Waals surface area contributed by atoms with Crippen molar-refractivity contribution in [1.82, 2.24) is 0 Å². The lowest BCUT2D eigenvalue weighted by molar-refractivity contribution is 0.0568. The van der Waals surface area contributed by atoms with Gasteiger partial charge in [0.1, 0.15) is 5.75 Å². The van der Waals surface area contributed by atoms with Crippen molar-refractivity contribution in [3.8, 4) is 5.75 Å². The van der Waals surface area contributed by atoms with Crippen LogP contribution in [0.4, 0.5) is 0 Å². The van der Waals surface area contributed by atoms with E-state index in [1.807, 2.05) is 18.2 Å². The Kier molecular flexibility index (Phi) is 5.06. The first kappa shape index (κ1) is 13.4. The van der Waals surface area contributed by atoms with Crippen molar-refractivity contribution < 1.29 is 9.84 Å². The van der Waals surface area contributed by atoms with Gasteiger partial charge in [0.25, 0.3) is 0 Å². The van der Waals surface area contributed by atoms with Crippen LogP contribution in [0.3, 0.4) is 0 Å². The summed E-state index contributed by atoms with van der Waals surface area (Å²) in [5.74, 6) is 1.26. The Morgan fingerprint density at radius 1 is 1.28 bits per heavy atom. The fraction of sp³-hybridized carbons (Fsp3) is 0.625. The van der Waals surface area contributed by atoms with Gasteiger partial charge in [-0.15, -0.1) is 0 Å². The van der Waals surface area contributed by atoms with E-state index in [0.29, 0.717) is 6.61 Å². The Morgan fingerprint density at radius 3 is 2.94 bits per heavy atom. The van der Waals surface area contributed by atoms with E-state index in [1.54, 1.807) is 0 Å². The molecule has 0 saturated carbocycles. The van der Waals surface area contributed by atoms with Crippen molar-refractivity contribution in [1.29, 1.82) is 0 Å². The number of unbranched alkanes of at least 4 members (excludes halogenated alkanes) is 3. The highest BCUT2D eigenvalue weighted by Crippen LogP contribution is 2.29. The van der Waals surface area contributed by atoms with Crippen molar-refractivity contribution in [2.75, 3.05) is 6.61 Å². The van der Waals surface area contributed by atoms with Crippen molar-refractivity contribution >= 4 is 0 Å². The third-order valence-corrected chi connectivity index (χ3v) is 3.81. The largest absolute Gasteiger partial charge is 0.493 e. The van der Waals surface area contributed by atoms with Crippen LogP contribution >= 0.6 is 0 Å². The van der Waals surface area contributed by atoms with Gasteiger partial charge in [0.2, 0.25) is 0 Å². The Hall–Kier alpha value is -1.02. The van der Waals surface area contributed by atoms with E-state index in [9.17, 15) is 5.11 Å². The second kappa shape index (κ2) is 6.79. The predicted octanol–water partition coefficient (Wildman–Crippen LogP) is 3.57. The van der Waals surface area contributed by atoms with E-state index in [2.05, 4.69) is 13.0 Å². The minimum Gasteiger partial charge on any atom is -0.493 e. The van der Waals surface area contributed by atoms with Gasteiger partial charge < -0.3 is 9.84 Å². The zero-order chi connectivity index (χ0) is 12.8. The number of hydrogen-bond donors (Lipinski definition) is 1. The average molecular weight is 248 g/mol. The maximum absolute atomic E-state index is 10.2. The van der Waals surface area contributed by atoms with Gasteiger partial charge >= 0.3 is 0 Å². The first-order valence-corrected chi connectivity index (χ1v) is 7.20. The van der Waals surface area contributed by atoms with E-state index in [0.717, 1.165) is 25.0 Å². The molecule has 0 radical (unpaired) electrons. The number of aliphatic hydroxyl groups is 1. The van der Waals surface area contributed by atoms with E-state index >= 15 is 0 Å². The smallest absolute Gasteiger partial charge is 0.122 e. The Morgan fingerprint density at radius 2 is 2.11 bits per heavy atom. The van der Waals surface area contributed by atoms with Gasteiger partial charge in [0.05, 0.1) is 12.7 Å². The number of aliphatic hydroxyl groups excluding tert-OH is 1. The number of benzene rings is 1. The number of para-hydroxylation sites is 1. The maximum Gasteiger partial charge on any atom is 0.122 e. The number of fused-ring (bicyclic) bond motifs is 1. The molecule has 1 aliphatic rings. The highest BCUT2D eigenvalue weighted by atomic mass is 16.5. The van der Waals surface area contributed by atoms with Crippen LogP contribution in [-0.4, -0.2) is 17.8 Å². The molecule has 1 aliphatic heterocycles. The topological polar surface area (TPSA) is 29.5 Å². The Bertz CT molecular complexity index is 362. The minimum atomic E-state index is -0.213. The molecule has 1 aromatic rings. The third kappa shape index (κ3) is 3.49. The molecule has 0 fully saturated rings. The summed E-state index contributed by atoms with van der Waals surface area (Å²) < 4.78 is 5.72. The standard InChI is InChI=1S/C16H24O2/c1-2-3-4-5-9-15(17)14-11-13-8-6-7-10-16(13)18-12-14/h6-8,10,14-15,17H,2-5,9,11-12H2,1H3. The Labute approximate surface area is 110 Å². The maximum atomic E-state index is 10.2. The van der Waals surface area contributed by atoms with Crippen LogP contribution < -0.4 is 4.74 Å². The molecule has 2 unspecified atom stereocenters. The van der Waals surface area contributed by atoms with Crippen molar-refractivity contribution in [2.45, 2.75) is 51.6 Å². The normalized spacial score (nSPS) is 20.0. The number of rotatable bonds is 6. The van der Waals surface area contributed by atoms with Crippen LogP contribution in [0.25, 0.3) is 0 Å². The average Bonchev–Trinajstić information content (AvgIpc) is 2.43. The van der Waals surface area contributed by atoms with E-state index < -0.39 is 0 Å².